The molecular weight excluding hydrogens is 266 g/mol. The molecule has 0 saturated heterocycles. The van der Waals surface area contributed by atoms with E-state index in [2.05, 4.69) is 5.32 Å². The summed E-state index contributed by atoms with van der Waals surface area (Å²) in [5, 5.41) is 2.91. The Morgan fingerprint density at radius 2 is 1.95 bits per heavy atom. The van der Waals surface area contributed by atoms with Gasteiger partial charge in [-0.2, -0.15) is 0 Å². The van der Waals surface area contributed by atoms with Crippen LogP contribution in [0.15, 0.2) is 42.5 Å². The molecule has 0 heterocycles. The standard InChI is InChI=1S/C16H19N3O2/c1-10(11-4-3-5-13(8-11)21-2)19-16(20)14-7-6-12(17)9-15(14)18/h3-10H,17-18H2,1-2H3,(H,19,20). The third-order valence-corrected chi connectivity index (χ3v) is 3.26. The number of hydrogen-bond donors (Lipinski definition) is 3. The molecule has 0 aliphatic carbocycles. The van der Waals surface area contributed by atoms with Gasteiger partial charge in [-0.15, -0.1) is 0 Å². The molecule has 2 rings (SSSR count). The van der Waals surface area contributed by atoms with Gasteiger partial charge in [0.15, 0.2) is 0 Å². The summed E-state index contributed by atoms with van der Waals surface area (Å²) in [6.45, 7) is 1.90. The topological polar surface area (TPSA) is 90.4 Å². The van der Waals surface area contributed by atoms with Crippen LogP contribution in [0.4, 0.5) is 11.4 Å². The van der Waals surface area contributed by atoms with Crippen LogP contribution in [-0.2, 0) is 0 Å². The summed E-state index contributed by atoms with van der Waals surface area (Å²) < 4.78 is 5.18. The van der Waals surface area contributed by atoms with Gasteiger partial charge in [-0.25, -0.2) is 0 Å². The van der Waals surface area contributed by atoms with Crippen molar-refractivity contribution in [1.29, 1.82) is 0 Å². The molecule has 0 fully saturated rings. The van der Waals surface area contributed by atoms with E-state index in [0.717, 1.165) is 11.3 Å². The van der Waals surface area contributed by atoms with E-state index in [1.165, 1.54) is 0 Å². The molecule has 5 heteroatoms. The molecule has 110 valence electrons. The quantitative estimate of drug-likeness (QED) is 0.752. The van der Waals surface area contributed by atoms with Crippen molar-refractivity contribution in [3.63, 3.8) is 0 Å². The average molecular weight is 285 g/mol. The minimum atomic E-state index is -0.234. The highest BCUT2D eigenvalue weighted by atomic mass is 16.5. The van der Waals surface area contributed by atoms with E-state index in [9.17, 15) is 4.79 Å². The van der Waals surface area contributed by atoms with Gasteiger partial charge in [0.05, 0.1) is 18.7 Å². The zero-order valence-corrected chi connectivity index (χ0v) is 12.1. The summed E-state index contributed by atoms with van der Waals surface area (Å²) in [7, 11) is 1.61. The van der Waals surface area contributed by atoms with Crippen LogP contribution in [0, 0.1) is 0 Å². The summed E-state index contributed by atoms with van der Waals surface area (Å²) in [5.41, 5.74) is 13.7. The summed E-state index contributed by atoms with van der Waals surface area (Å²) in [5.74, 6) is 0.517. The Kier molecular flexibility index (Phi) is 4.33. The molecule has 0 bridgehead atoms. The first-order valence-corrected chi connectivity index (χ1v) is 6.61. The van der Waals surface area contributed by atoms with Crippen LogP contribution >= 0.6 is 0 Å². The maximum Gasteiger partial charge on any atom is 0.253 e. The highest BCUT2D eigenvalue weighted by Gasteiger charge is 2.14. The predicted octanol–water partition coefficient (Wildman–Crippen LogP) is 2.35. The zero-order chi connectivity index (χ0) is 15.4. The minimum absolute atomic E-state index is 0.162. The second-order valence-electron chi connectivity index (χ2n) is 4.82. The Balaban J connectivity index is 2.14. The van der Waals surface area contributed by atoms with Gasteiger partial charge in [-0.05, 0) is 42.8 Å². The molecule has 21 heavy (non-hydrogen) atoms. The SMILES string of the molecule is COc1cccc(C(C)NC(=O)c2ccc(N)cc2N)c1. The fourth-order valence-electron chi connectivity index (χ4n) is 2.06. The first-order chi connectivity index (χ1) is 10.0. The number of amides is 1. The Morgan fingerprint density at radius 3 is 2.62 bits per heavy atom. The number of anilines is 2. The zero-order valence-electron chi connectivity index (χ0n) is 12.1. The van der Waals surface area contributed by atoms with Gasteiger partial charge in [0.2, 0.25) is 0 Å². The highest BCUT2D eigenvalue weighted by molar-refractivity contribution is 5.99. The molecule has 0 radical (unpaired) electrons. The lowest BCUT2D eigenvalue weighted by atomic mass is 10.1. The molecule has 1 unspecified atom stereocenters. The second kappa shape index (κ2) is 6.17. The largest absolute Gasteiger partial charge is 0.497 e. The van der Waals surface area contributed by atoms with Gasteiger partial charge < -0.3 is 21.5 Å². The van der Waals surface area contributed by atoms with Crippen molar-refractivity contribution in [3.8, 4) is 5.75 Å². The summed E-state index contributed by atoms with van der Waals surface area (Å²) >= 11 is 0. The lowest BCUT2D eigenvalue weighted by Gasteiger charge is -2.16. The molecule has 5 nitrogen and oxygen atoms in total. The second-order valence-corrected chi connectivity index (χ2v) is 4.82. The van der Waals surface area contributed by atoms with E-state index < -0.39 is 0 Å². The first kappa shape index (κ1) is 14.7. The lowest BCUT2D eigenvalue weighted by Crippen LogP contribution is -2.27. The Bertz CT molecular complexity index is 656. The normalized spacial score (nSPS) is 11.7. The maximum absolute atomic E-state index is 12.3. The van der Waals surface area contributed by atoms with Gasteiger partial charge in [-0.1, -0.05) is 12.1 Å². The van der Waals surface area contributed by atoms with Crippen molar-refractivity contribution in [3.05, 3.63) is 53.6 Å². The number of ether oxygens (including phenoxy) is 1. The van der Waals surface area contributed by atoms with Crippen molar-refractivity contribution in [2.24, 2.45) is 0 Å². The molecule has 2 aromatic rings. The molecule has 0 aromatic heterocycles. The summed E-state index contributed by atoms with van der Waals surface area (Å²) in [6, 6.07) is 12.2. The number of benzene rings is 2. The van der Waals surface area contributed by atoms with E-state index >= 15 is 0 Å². The number of hydrogen-bond acceptors (Lipinski definition) is 4. The number of carbonyl (C=O) groups is 1. The average Bonchev–Trinajstić information content (AvgIpc) is 2.47. The van der Waals surface area contributed by atoms with Crippen molar-refractivity contribution in [1.82, 2.24) is 5.32 Å². The maximum atomic E-state index is 12.3. The smallest absolute Gasteiger partial charge is 0.253 e. The first-order valence-electron chi connectivity index (χ1n) is 6.61. The number of methoxy groups -OCH3 is 1. The van der Waals surface area contributed by atoms with Crippen LogP contribution in [0.25, 0.3) is 0 Å². The van der Waals surface area contributed by atoms with Crippen molar-refractivity contribution in [2.45, 2.75) is 13.0 Å². The van der Waals surface area contributed by atoms with E-state index in [1.54, 1.807) is 25.3 Å². The number of nitrogen functional groups attached to an aromatic ring is 2. The summed E-state index contributed by atoms with van der Waals surface area (Å²) in [6.07, 6.45) is 0. The van der Waals surface area contributed by atoms with Crippen LogP contribution in [0.1, 0.15) is 28.9 Å². The molecule has 5 N–H and O–H groups in total. The number of nitrogens with two attached hydrogens (primary N) is 2. The van der Waals surface area contributed by atoms with E-state index in [4.69, 9.17) is 16.2 Å². The Hall–Kier alpha value is -2.69. The third-order valence-electron chi connectivity index (χ3n) is 3.26. The van der Waals surface area contributed by atoms with Gasteiger partial charge in [0.25, 0.3) is 5.91 Å². The van der Waals surface area contributed by atoms with Gasteiger partial charge >= 0.3 is 0 Å². The Labute approximate surface area is 123 Å². The molecule has 1 amide bonds. The molecule has 2 aromatic carbocycles. The van der Waals surface area contributed by atoms with Crippen molar-refractivity contribution < 1.29 is 9.53 Å². The number of nitrogens with one attached hydrogen (secondary N) is 1. The van der Waals surface area contributed by atoms with Gasteiger partial charge in [0.1, 0.15) is 5.75 Å². The van der Waals surface area contributed by atoms with Crippen LogP contribution in [0.3, 0.4) is 0 Å². The monoisotopic (exact) mass is 285 g/mol. The Morgan fingerprint density at radius 1 is 1.19 bits per heavy atom. The van der Waals surface area contributed by atoms with E-state index in [0.29, 0.717) is 16.9 Å². The lowest BCUT2D eigenvalue weighted by molar-refractivity contribution is 0.0941. The molecule has 1 atom stereocenters. The molecular formula is C16H19N3O2. The predicted molar refractivity (Wildman–Crippen MR) is 84.1 cm³/mol. The third kappa shape index (κ3) is 3.45. The number of carbonyl (C=O) groups excluding carboxylic acids is 1. The molecule has 0 aliphatic rings. The molecule has 0 saturated carbocycles. The van der Waals surface area contributed by atoms with Crippen LogP contribution in [0.5, 0.6) is 5.75 Å². The van der Waals surface area contributed by atoms with Crippen LogP contribution in [0.2, 0.25) is 0 Å². The van der Waals surface area contributed by atoms with Crippen molar-refractivity contribution in [2.75, 3.05) is 18.6 Å². The van der Waals surface area contributed by atoms with Crippen LogP contribution < -0.4 is 21.5 Å². The minimum Gasteiger partial charge on any atom is -0.497 e. The molecule has 0 aliphatic heterocycles. The van der Waals surface area contributed by atoms with Gasteiger partial charge in [-0.3, -0.25) is 4.79 Å². The van der Waals surface area contributed by atoms with Gasteiger partial charge in [0, 0.05) is 11.4 Å². The highest BCUT2D eigenvalue weighted by Crippen LogP contribution is 2.20. The summed E-state index contributed by atoms with van der Waals surface area (Å²) in [4.78, 5) is 12.3. The van der Waals surface area contributed by atoms with Crippen molar-refractivity contribution >= 4 is 17.3 Å². The molecule has 0 spiro atoms. The van der Waals surface area contributed by atoms with E-state index in [1.807, 2.05) is 31.2 Å². The fraction of sp³-hybridized carbons (Fsp3) is 0.188. The fourth-order valence-corrected chi connectivity index (χ4v) is 2.06. The number of rotatable bonds is 4. The van der Waals surface area contributed by atoms with Crippen LogP contribution in [-0.4, -0.2) is 13.0 Å². The van der Waals surface area contributed by atoms with E-state index in [-0.39, 0.29) is 11.9 Å².